The molecule has 1 aromatic carbocycles. The van der Waals surface area contributed by atoms with Crippen LogP contribution in [-0.4, -0.2) is 41.5 Å². The fourth-order valence-electron chi connectivity index (χ4n) is 2.01. The Morgan fingerprint density at radius 2 is 1.88 bits per heavy atom. The number of aliphatic hydroxyl groups is 1. The molecule has 0 radical (unpaired) electrons. The highest BCUT2D eigenvalue weighted by atomic mass is 16.4. The molecular weight excluding hydrogens is 205 g/mol. The van der Waals surface area contributed by atoms with E-state index in [1.54, 1.807) is 12.1 Å². The number of anilines is 1. The summed E-state index contributed by atoms with van der Waals surface area (Å²) in [4.78, 5) is 2.15. The van der Waals surface area contributed by atoms with Gasteiger partial charge >= 0.3 is 7.12 Å². The Kier molecular flexibility index (Phi) is 3.48. The summed E-state index contributed by atoms with van der Waals surface area (Å²) in [6.07, 6.45) is 1.35. The molecule has 1 heterocycles. The molecule has 1 aliphatic rings. The minimum atomic E-state index is -1.42. The molecule has 0 saturated carbocycles. The van der Waals surface area contributed by atoms with Gasteiger partial charge in [0.2, 0.25) is 0 Å². The van der Waals surface area contributed by atoms with Gasteiger partial charge in [0.1, 0.15) is 0 Å². The molecule has 0 amide bonds. The predicted molar refractivity (Wildman–Crippen MR) is 63.7 cm³/mol. The van der Waals surface area contributed by atoms with E-state index in [0.29, 0.717) is 5.46 Å². The van der Waals surface area contributed by atoms with E-state index >= 15 is 0 Å². The summed E-state index contributed by atoms with van der Waals surface area (Å²) in [6.45, 7) is 1.62. The maximum Gasteiger partial charge on any atom is 0.488 e. The second-order valence-electron chi connectivity index (χ2n) is 4.19. The van der Waals surface area contributed by atoms with Crippen LogP contribution in [0.15, 0.2) is 24.3 Å². The van der Waals surface area contributed by atoms with Gasteiger partial charge in [0.15, 0.2) is 0 Å². The van der Waals surface area contributed by atoms with Gasteiger partial charge in [-0.05, 0) is 30.4 Å². The number of nitrogens with zero attached hydrogens (tertiary/aromatic N) is 1. The van der Waals surface area contributed by atoms with E-state index in [1.807, 2.05) is 12.1 Å². The molecule has 3 N–H and O–H groups in total. The van der Waals surface area contributed by atoms with Crippen molar-refractivity contribution in [1.29, 1.82) is 0 Å². The van der Waals surface area contributed by atoms with Crippen LogP contribution in [0.4, 0.5) is 5.69 Å². The highest BCUT2D eigenvalue weighted by Crippen LogP contribution is 2.18. The summed E-state index contributed by atoms with van der Waals surface area (Å²) >= 11 is 0. The molecule has 0 aliphatic carbocycles. The Labute approximate surface area is 95.3 Å². The molecule has 1 aliphatic heterocycles. The summed E-state index contributed by atoms with van der Waals surface area (Å²) in [5, 5.41) is 27.6. The predicted octanol–water partition coefficient (Wildman–Crippen LogP) is -0.673. The first-order valence-corrected chi connectivity index (χ1v) is 5.56. The highest BCUT2D eigenvalue weighted by Gasteiger charge is 2.18. The van der Waals surface area contributed by atoms with Gasteiger partial charge in [-0.1, -0.05) is 12.1 Å². The summed E-state index contributed by atoms with van der Waals surface area (Å²) in [5.74, 6) is 0. The van der Waals surface area contributed by atoms with Crippen molar-refractivity contribution >= 4 is 18.3 Å². The number of hydrogen-bond donors (Lipinski definition) is 3. The fourth-order valence-corrected chi connectivity index (χ4v) is 2.01. The van der Waals surface area contributed by atoms with E-state index in [1.165, 1.54) is 0 Å². The zero-order chi connectivity index (χ0) is 11.5. The van der Waals surface area contributed by atoms with Crippen LogP contribution in [0.1, 0.15) is 12.8 Å². The van der Waals surface area contributed by atoms with Crippen LogP contribution >= 0.6 is 0 Å². The average Bonchev–Trinajstić information content (AvgIpc) is 2.30. The fraction of sp³-hybridized carbons (Fsp3) is 0.455. The van der Waals surface area contributed by atoms with Gasteiger partial charge in [0, 0.05) is 18.8 Å². The van der Waals surface area contributed by atoms with Crippen molar-refractivity contribution in [2.75, 3.05) is 18.0 Å². The Bertz CT molecular complexity index is 351. The Morgan fingerprint density at radius 1 is 1.19 bits per heavy atom. The summed E-state index contributed by atoms with van der Waals surface area (Å²) in [6, 6.07) is 7.23. The maximum absolute atomic E-state index is 9.41. The SMILES string of the molecule is OB(O)c1cccc(N2CCC(O)CC2)c1. The van der Waals surface area contributed by atoms with Gasteiger partial charge in [-0.3, -0.25) is 0 Å². The minimum absolute atomic E-state index is 0.192. The third-order valence-corrected chi connectivity index (χ3v) is 3.00. The number of piperidine rings is 1. The van der Waals surface area contributed by atoms with Crippen LogP contribution < -0.4 is 10.4 Å². The Hall–Kier alpha value is -1.04. The van der Waals surface area contributed by atoms with Crippen molar-refractivity contribution in [3.8, 4) is 0 Å². The lowest BCUT2D eigenvalue weighted by Crippen LogP contribution is -2.37. The Balaban J connectivity index is 2.11. The molecule has 0 bridgehead atoms. The minimum Gasteiger partial charge on any atom is -0.423 e. The van der Waals surface area contributed by atoms with Gasteiger partial charge in [-0.15, -0.1) is 0 Å². The molecule has 1 saturated heterocycles. The lowest BCUT2D eigenvalue weighted by atomic mass is 9.80. The molecule has 0 aromatic heterocycles. The summed E-state index contributed by atoms with van der Waals surface area (Å²) in [5.41, 5.74) is 1.49. The zero-order valence-electron chi connectivity index (χ0n) is 9.08. The lowest BCUT2D eigenvalue weighted by molar-refractivity contribution is 0.145. The van der Waals surface area contributed by atoms with E-state index in [-0.39, 0.29) is 6.10 Å². The van der Waals surface area contributed by atoms with E-state index < -0.39 is 7.12 Å². The van der Waals surface area contributed by atoms with Crippen molar-refractivity contribution in [1.82, 2.24) is 0 Å². The topological polar surface area (TPSA) is 63.9 Å². The molecule has 86 valence electrons. The standard InChI is InChI=1S/C11H16BNO3/c14-11-4-6-13(7-5-11)10-3-1-2-9(8-10)12(15)16/h1-3,8,11,14-16H,4-7H2. The van der Waals surface area contributed by atoms with E-state index in [4.69, 9.17) is 10.0 Å². The van der Waals surface area contributed by atoms with Crippen LogP contribution in [0.25, 0.3) is 0 Å². The van der Waals surface area contributed by atoms with Crippen molar-refractivity contribution in [3.63, 3.8) is 0 Å². The van der Waals surface area contributed by atoms with Crippen LogP contribution in [0.2, 0.25) is 0 Å². The quantitative estimate of drug-likeness (QED) is 0.579. The molecular formula is C11H16BNO3. The molecule has 5 heteroatoms. The molecule has 1 fully saturated rings. The molecule has 0 atom stereocenters. The lowest BCUT2D eigenvalue weighted by Gasteiger charge is -2.31. The monoisotopic (exact) mass is 221 g/mol. The molecule has 1 aromatic rings. The van der Waals surface area contributed by atoms with Crippen molar-refractivity contribution in [3.05, 3.63) is 24.3 Å². The van der Waals surface area contributed by atoms with E-state index in [0.717, 1.165) is 31.6 Å². The smallest absolute Gasteiger partial charge is 0.423 e. The summed E-state index contributed by atoms with van der Waals surface area (Å²) < 4.78 is 0. The summed E-state index contributed by atoms with van der Waals surface area (Å²) in [7, 11) is -1.42. The van der Waals surface area contributed by atoms with Crippen molar-refractivity contribution in [2.24, 2.45) is 0 Å². The third kappa shape index (κ3) is 2.55. The molecule has 4 nitrogen and oxygen atoms in total. The highest BCUT2D eigenvalue weighted by molar-refractivity contribution is 6.58. The van der Waals surface area contributed by atoms with Gasteiger partial charge in [0.25, 0.3) is 0 Å². The number of benzene rings is 1. The third-order valence-electron chi connectivity index (χ3n) is 3.00. The van der Waals surface area contributed by atoms with Crippen LogP contribution in [0.3, 0.4) is 0 Å². The van der Waals surface area contributed by atoms with Crippen LogP contribution in [0, 0.1) is 0 Å². The second-order valence-corrected chi connectivity index (χ2v) is 4.19. The molecule has 2 rings (SSSR count). The largest absolute Gasteiger partial charge is 0.488 e. The Morgan fingerprint density at radius 3 is 2.50 bits per heavy atom. The number of aliphatic hydroxyl groups excluding tert-OH is 1. The second kappa shape index (κ2) is 4.87. The molecule has 16 heavy (non-hydrogen) atoms. The number of hydrogen-bond acceptors (Lipinski definition) is 4. The van der Waals surface area contributed by atoms with E-state index in [2.05, 4.69) is 4.90 Å². The normalized spacial score (nSPS) is 17.6. The first-order chi connectivity index (χ1) is 7.66. The van der Waals surface area contributed by atoms with Crippen molar-refractivity contribution in [2.45, 2.75) is 18.9 Å². The van der Waals surface area contributed by atoms with Gasteiger partial charge in [0.05, 0.1) is 6.10 Å². The first-order valence-electron chi connectivity index (χ1n) is 5.56. The number of rotatable bonds is 2. The maximum atomic E-state index is 9.41. The zero-order valence-corrected chi connectivity index (χ0v) is 9.08. The van der Waals surface area contributed by atoms with Gasteiger partial charge in [-0.2, -0.15) is 0 Å². The van der Waals surface area contributed by atoms with E-state index in [9.17, 15) is 5.11 Å². The first kappa shape index (κ1) is 11.5. The average molecular weight is 221 g/mol. The van der Waals surface area contributed by atoms with Gasteiger partial charge < -0.3 is 20.1 Å². The van der Waals surface area contributed by atoms with Gasteiger partial charge in [-0.25, -0.2) is 0 Å². The van der Waals surface area contributed by atoms with Crippen molar-refractivity contribution < 1.29 is 15.2 Å². The van der Waals surface area contributed by atoms with Crippen LogP contribution in [0.5, 0.6) is 0 Å². The van der Waals surface area contributed by atoms with Crippen LogP contribution in [-0.2, 0) is 0 Å². The molecule has 0 unspecified atom stereocenters. The molecule has 0 spiro atoms.